The van der Waals surface area contributed by atoms with E-state index in [0.717, 1.165) is 24.9 Å². The first-order valence-electron chi connectivity index (χ1n) is 6.60. The number of rotatable bonds is 3. The third kappa shape index (κ3) is 3.00. The van der Waals surface area contributed by atoms with Crippen molar-refractivity contribution < 1.29 is 9.63 Å². The highest BCUT2D eigenvalue weighted by Crippen LogP contribution is 2.17. The van der Waals surface area contributed by atoms with Crippen molar-refractivity contribution in [2.75, 3.05) is 13.1 Å². The molecule has 0 bridgehead atoms. The molecule has 1 fully saturated rings. The van der Waals surface area contributed by atoms with Crippen LogP contribution in [0.5, 0.6) is 0 Å². The Kier molecular flexibility index (Phi) is 3.57. The van der Waals surface area contributed by atoms with E-state index in [4.69, 9.17) is 4.52 Å². The first-order chi connectivity index (χ1) is 9.31. The second kappa shape index (κ2) is 5.50. The van der Waals surface area contributed by atoms with Gasteiger partial charge in [-0.25, -0.2) is 0 Å². The van der Waals surface area contributed by atoms with Crippen molar-refractivity contribution in [1.82, 2.24) is 15.0 Å². The molecular weight excluding hydrogens is 242 g/mol. The quantitative estimate of drug-likeness (QED) is 0.909. The lowest BCUT2D eigenvalue weighted by atomic mass is 10.1. The summed E-state index contributed by atoms with van der Waals surface area (Å²) in [5.41, 5.74) is 0.955. The molecule has 3 rings (SSSR count). The van der Waals surface area contributed by atoms with Gasteiger partial charge in [-0.15, -0.1) is 0 Å². The predicted octanol–water partition coefficient (Wildman–Crippen LogP) is 1.69. The number of aromatic nitrogens is 2. The fourth-order valence-electron chi connectivity index (χ4n) is 2.39. The molecular formula is C14H17N3O2. The van der Waals surface area contributed by atoms with Crippen molar-refractivity contribution in [1.29, 1.82) is 0 Å². The fraction of sp³-hybridized carbons (Fsp3) is 0.429. The van der Waals surface area contributed by atoms with Crippen molar-refractivity contribution >= 4 is 0 Å². The van der Waals surface area contributed by atoms with Crippen LogP contribution in [0.25, 0.3) is 11.4 Å². The maximum absolute atomic E-state index is 9.63. The molecule has 0 aliphatic carbocycles. The van der Waals surface area contributed by atoms with Gasteiger partial charge in [-0.1, -0.05) is 35.5 Å². The second-order valence-corrected chi connectivity index (χ2v) is 4.91. The number of piperidine rings is 1. The van der Waals surface area contributed by atoms with Crippen LogP contribution < -0.4 is 0 Å². The summed E-state index contributed by atoms with van der Waals surface area (Å²) < 4.78 is 5.27. The Balaban J connectivity index is 1.68. The molecule has 5 nitrogen and oxygen atoms in total. The minimum Gasteiger partial charge on any atom is -0.392 e. The lowest BCUT2D eigenvalue weighted by molar-refractivity contribution is 0.0613. The van der Waals surface area contributed by atoms with Crippen molar-refractivity contribution in [3.63, 3.8) is 0 Å². The average molecular weight is 259 g/mol. The third-order valence-corrected chi connectivity index (χ3v) is 3.34. The molecule has 5 heteroatoms. The van der Waals surface area contributed by atoms with Crippen LogP contribution in [0.3, 0.4) is 0 Å². The van der Waals surface area contributed by atoms with Gasteiger partial charge >= 0.3 is 0 Å². The lowest BCUT2D eigenvalue weighted by Crippen LogP contribution is -2.37. The summed E-state index contributed by atoms with van der Waals surface area (Å²) in [7, 11) is 0. The zero-order chi connectivity index (χ0) is 13.1. The normalized spacial score (nSPS) is 20.6. The van der Waals surface area contributed by atoms with Crippen LogP contribution in [0.1, 0.15) is 18.7 Å². The van der Waals surface area contributed by atoms with Crippen LogP contribution >= 0.6 is 0 Å². The Bertz CT molecular complexity index is 526. The van der Waals surface area contributed by atoms with Gasteiger partial charge in [-0.05, 0) is 19.4 Å². The molecule has 1 aromatic heterocycles. The number of benzene rings is 1. The first kappa shape index (κ1) is 12.3. The van der Waals surface area contributed by atoms with Crippen molar-refractivity contribution in [2.24, 2.45) is 0 Å². The summed E-state index contributed by atoms with van der Waals surface area (Å²) in [6.07, 6.45) is 1.67. The molecule has 1 aliphatic rings. The molecule has 1 saturated heterocycles. The maximum Gasteiger partial charge on any atom is 0.241 e. The standard InChI is InChI=1S/C14H17N3O2/c18-12-7-4-8-17(9-12)10-13-15-14(16-19-13)11-5-2-1-3-6-11/h1-3,5-6,12,18H,4,7-10H2/t12-/m1/s1. The highest BCUT2D eigenvalue weighted by Gasteiger charge is 2.20. The highest BCUT2D eigenvalue weighted by molar-refractivity contribution is 5.53. The minimum absolute atomic E-state index is 0.231. The minimum atomic E-state index is -0.231. The Morgan fingerprint density at radius 2 is 2.16 bits per heavy atom. The van der Waals surface area contributed by atoms with Crippen LogP contribution in [-0.2, 0) is 6.54 Å². The van der Waals surface area contributed by atoms with E-state index < -0.39 is 0 Å². The van der Waals surface area contributed by atoms with E-state index in [9.17, 15) is 5.11 Å². The summed E-state index contributed by atoms with van der Waals surface area (Å²) in [6.45, 7) is 2.26. The van der Waals surface area contributed by atoms with Gasteiger partial charge < -0.3 is 9.63 Å². The number of hydrogen-bond acceptors (Lipinski definition) is 5. The molecule has 1 aromatic carbocycles. The topological polar surface area (TPSA) is 62.4 Å². The Hall–Kier alpha value is -1.72. The van der Waals surface area contributed by atoms with Crippen molar-refractivity contribution in [3.8, 4) is 11.4 Å². The summed E-state index contributed by atoms with van der Waals surface area (Å²) in [6, 6.07) is 9.77. The van der Waals surface area contributed by atoms with Crippen LogP contribution in [0.4, 0.5) is 0 Å². The third-order valence-electron chi connectivity index (χ3n) is 3.34. The molecule has 1 N–H and O–H groups in total. The Morgan fingerprint density at radius 1 is 1.32 bits per heavy atom. The molecule has 0 unspecified atom stereocenters. The van der Waals surface area contributed by atoms with Crippen molar-refractivity contribution in [2.45, 2.75) is 25.5 Å². The first-order valence-corrected chi connectivity index (χ1v) is 6.60. The van der Waals surface area contributed by atoms with Crippen LogP contribution in [-0.4, -0.2) is 39.3 Å². The van der Waals surface area contributed by atoms with Gasteiger partial charge in [0.2, 0.25) is 11.7 Å². The average Bonchev–Trinajstić information content (AvgIpc) is 2.88. The largest absolute Gasteiger partial charge is 0.392 e. The zero-order valence-corrected chi connectivity index (χ0v) is 10.7. The van der Waals surface area contributed by atoms with E-state index in [0.29, 0.717) is 24.8 Å². The second-order valence-electron chi connectivity index (χ2n) is 4.91. The van der Waals surface area contributed by atoms with E-state index in [-0.39, 0.29) is 6.10 Å². The number of aliphatic hydroxyl groups excluding tert-OH is 1. The smallest absolute Gasteiger partial charge is 0.241 e. The van der Waals surface area contributed by atoms with Gasteiger partial charge in [-0.2, -0.15) is 4.98 Å². The predicted molar refractivity (Wildman–Crippen MR) is 70.3 cm³/mol. The zero-order valence-electron chi connectivity index (χ0n) is 10.7. The molecule has 0 spiro atoms. The molecule has 2 heterocycles. The van der Waals surface area contributed by atoms with Crippen LogP contribution in [0, 0.1) is 0 Å². The number of likely N-dealkylation sites (tertiary alicyclic amines) is 1. The summed E-state index contributed by atoms with van der Waals surface area (Å²) in [4.78, 5) is 6.55. The molecule has 1 atom stereocenters. The Morgan fingerprint density at radius 3 is 2.95 bits per heavy atom. The van der Waals surface area contributed by atoms with Gasteiger partial charge in [0.05, 0.1) is 12.6 Å². The molecule has 100 valence electrons. The molecule has 0 saturated carbocycles. The SMILES string of the molecule is O[C@@H]1CCCN(Cc2nc(-c3ccccc3)no2)C1. The highest BCUT2D eigenvalue weighted by atomic mass is 16.5. The van der Waals surface area contributed by atoms with Crippen LogP contribution in [0.15, 0.2) is 34.9 Å². The van der Waals surface area contributed by atoms with Gasteiger partial charge in [0.25, 0.3) is 0 Å². The number of aliphatic hydroxyl groups is 1. The monoisotopic (exact) mass is 259 g/mol. The van der Waals surface area contributed by atoms with Crippen LogP contribution in [0.2, 0.25) is 0 Å². The molecule has 19 heavy (non-hydrogen) atoms. The van der Waals surface area contributed by atoms with Crippen molar-refractivity contribution in [3.05, 3.63) is 36.2 Å². The van der Waals surface area contributed by atoms with E-state index >= 15 is 0 Å². The van der Waals surface area contributed by atoms with Gasteiger partial charge in [0.15, 0.2) is 0 Å². The van der Waals surface area contributed by atoms with E-state index in [2.05, 4.69) is 15.0 Å². The van der Waals surface area contributed by atoms with Gasteiger partial charge in [0.1, 0.15) is 0 Å². The number of β-amino-alcohol motifs (C(OH)–C–C–N with tert-alkyl or cyclic N) is 1. The maximum atomic E-state index is 9.63. The number of hydrogen-bond donors (Lipinski definition) is 1. The molecule has 1 aliphatic heterocycles. The van der Waals surface area contributed by atoms with E-state index in [1.807, 2.05) is 30.3 Å². The molecule has 2 aromatic rings. The summed E-state index contributed by atoms with van der Waals surface area (Å²) >= 11 is 0. The molecule has 0 radical (unpaired) electrons. The van der Waals surface area contributed by atoms with Gasteiger partial charge in [0, 0.05) is 12.1 Å². The molecule has 0 amide bonds. The number of nitrogens with zero attached hydrogens (tertiary/aromatic N) is 3. The Labute approximate surface area is 111 Å². The van der Waals surface area contributed by atoms with Gasteiger partial charge in [-0.3, -0.25) is 4.90 Å². The summed E-state index contributed by atoms with van der Waals surface area (Å²) in [5.74, 6) is 1.22. The van der Waals surface area contributed by atoms with E-state index in [1.54, 1.807) is 0 Å². The summed E-state index contributed by atoms with van der Waals surface area (Å²) in [5, 5.41) is 13.6. The fourth-order valence-corrected chi connectivity index (χ4v) is 2.39. The lowest BCUT2D eigenvalue weighted by Gasteiger charge is -2.28. The van der Waals surface area contributed by atoms with E-state index in [1.165, 1.54) is 0 Å².